The van der Waals surface area contributed by atoms with Crippen molar-refractivity contribution in [1.29, 1.82) is 0 Å². The zero-order valence-electron chi connectivity index (χ0n) is 14.8. The molecule has 0 radical (unpaired) electrons. The van der Waals surface area contributed by atoms with Gasteiger partial charge in [-0.2, -0.15) is 0 Å². The van der Waals surface area contributed by atoms with Gasteiger partial charge in [-0.25, -0.2) is 4.39 Å². The van der Waals surface area contributed by atoms with Crippen LogP contribution in [0.1, 0.15) is 11.1 Å². The number of carbonyl (C=O) groups excluding carboxylic acids is 1. The maximum absolute atomic E-state index is 13.7. The number of aromatic nitrogens is 1. The van der Waals surface area contributed by atoms with Crippen LogP contribution in [0.3, 0.4) is 0 Å². The molecule has 134 valence electrons. The summed E-state index contributed by atoms with van der Waals surface area (Å²) in [5.74, 6) is -0.181. The molecule has 1 atom stereocenters. The van der Waals surface area contributed by atoms with Crippen LogP contribution in [0, 0.1) is 12.7 Å². The van der Waals surface area contributed by atoms with Crippen molar-refractivity contribution >= 4 is 11.8 Å². The minimum atomic E-state index is -0.259. The van der Waals surface area contributed by atoms with Crippen molar-refractivity contribution < 1.29 is 18.6 Å². The Bertz CT molecular complexity index is 890. The third kappa shape index (κ3) is 4.55. The van der Waals surface area contributed by atoms with Gasteiger partial charge in [-0.05, 0) is 13.0 Å². The highest BCUT2D eigenvalue weighted by atomic mass is 19.1. The monoisotopic (exact) mass is 354 g/mol. The topological polar surface area (TPSA) is 59.6 Å². The number of carbonyl (C=O) groups is 1. The number of aryl methyl sites for hydroxylation is 1. The average Bonchev–Trinajstić information content (AvgIpc) is 3.05. The van der Waals surface area contributed by atoms with Crippen molar-refractivity contribution in [1.82, 2.24) is 5.16 Å². The van der Waals surface area contributed by atoms with Crippen LogP contribution in [0.15, 0.2) is 59.1 Å². The summed E-state index contributed by atoms with van der Waals surface area (Å²) in [5, 5.41) is 6.67. The second kappa shape index (κ2) is 7.93. The fourth-order valence-corrected chi connectivity index (χ4v) is 2.68. The van der Waals surface area contributed by atoms with Gasteiger partial charge >= 0.3 is 0 Å². The fourth-order valence-electron chi connectivity index (χ4n) is 2.68. The Morgan fingerprint density at radius 1 is 1.19 bits per heavy atom. The Labute approximate surface area is 151 Å². The lowest BCUT2D eigenvalue weighted by Crippen LogP contribution is -3.08. The van der Waals surface area contributed by atoms with E-state index in [-0.39, 0.29) is 18.3 Å². The number of rotatable bonds is 6. The number of anilines is 1. The van der Waals surface area contributed by atoms with Crippen LogP contribution in [0.25, 0.3) is 11.3 Å². The van der Waals surface area contributed by atoms with E-state index in [0.717, 1.165) is 16.0 Å². The smallest absolute Gasteiger partial charge is 0.281 e. The second-order valence-electron chi connectivity index (χ2n) is 6.39. The molecule has 0 aliphatic heterocycles. The van der Waals surface area contributed by atoms with Crippen LogP contribution >= 0.6 is 0 Å². The van der Waals surface area contributed by atoms with Gasteiger partial charge in [-0.1, -0.05) is 53.2 Å². The van der Waals surface area contributed by atoms with E-state index >= 15 is 0 Å². The van der Waals surface area contributed by atoms with E-state index in [4.69, 9.17) is 4.52 Å². The van der Waals surface area contributed by atoms with Gasteiger partial charge < -0.3 is 9.42 Å². The summed E-state index contributed by atoms with van der Waals surface area (Å²) in [7, 11) is 1.84. The highest BCUT2D eigenvalue weighted by Gasteiger charge is 2.15. The van der Waals surface area contributed by atoms with Gasteiger partial charge in [-0.15, -0.1) is 0 Å². The highest BCUT2D eigenvalue weighted by molar-refractivity contribution is 5.90. The van der Waals surface area contributed by atoms with Crippen molar-refractivity contribution in [3.63, 3.8) is 0 Å². The normalized spacial score (nSPS) is 12.0. The van der Waals surface area contributed by atoms with Gasteiger partial charge in [0, 0.05) is 17.2 Å². The SMILES string of the molecule is Cc1ccc(-c2cc(NC(=O)C[NH+](C)Cc3ccccc3F)on2)cc1. The minimum Gasteiger partial charge on any atom is -0.338 e. The van der Waals surface area contributed by atoms with E-state index in [1.807, 2.05) is 38.2 Å². The summed E-state index contributed by atoms with van der Waals surface area (Å²) in [6, 6.07) is 16.1. The van der Waals surface area contributed by atoms with Crippen LogP contribution < -0.4 is 10.2 Å². The largest absolute Gasteiger partial charge is 0.338 e. The minimum absolute atomic E-state index is 0.189. The van der Waals surface area contributed by atoms with Crippen molar-refractivity contribution in [3.8, 4) is 11.3 Å². The number of hydrogen-bond acceptors (Lipinski definition) is 3. The molecule has 6 heteroatoms. The van der Waals surface area contributed by atoms with Gasteiger partial charge in [0.25, 0.3) is 5.91 Å². The summed E-state index contributed by atoms with van der Waals surface area (Å²) < 4.78 is 18.9. The molecule has 26 heavy (non-hydrogen) atoms. The molecule has 0 bridgehead atoms. The molecule has 1 amide bonds. The van der Waals surface area contributed by atoms with E-state index in [0.29, 0.717) is 23.7 Å². The zero-order valence-corrected chi connectivity index (χ0v) is 14.8. The molecule has 0 fully saturated rings. The van der Waals surface area contributed by atoms with Crippen molar-refractivity contribution in [3.05, 3.63) is 71.5 Å². The van der Waals surface area contributed by atoms with E-state index < -0.39 is 0 Å². The molecule has 3 aromatic rings. The summed E-state index contributed by atoms with van der Waals surface area (Å²) in [6.07, 6.45) is 0. The predicted octanol–water partition coefficient (Wildman–Crippen LogP) is 2.44. The molecular weight excluding hydrogens is 333 g/mol. The summed E-state index contributed by atoms with van der Waals surface area (Å²) >= 11 is 0. The maximum atomic E-state index is 13.7. The van der Waals surface area contributed by atoms with Gasteiger partial charge in [-0.3, -0.25) is 10.1 Å². The summed E-state index contributed by atoms with van der Waals surface area (Å²) in [6.45, 7) is 2.62. The second-order valence-corrected chi connectivity index (χ2v) is 6.39. The Morgan fingerprint density at radius 3 is 2.65 bits per heavy atom. The Morgan fingerprint density at radius 2 is 1.92 bits per heavy atom. The van der Waals surface area contributed by atoms with Gasteiger partial charge in [0.15, 0.2) is 6.54 Å². The first-order valence-electron chi connectivity index (χ1n) is 8.39. The Balaban J connectivity index is 1.56. The molecule has 1 unspecified atom stereocenters. The third-order valence-corrected chi connectivity index (χ3v) is 4.03. The summed E-state index contributed by atoms with van der Waals surface area (Å²) in [5.41, 5.74) is 3.32. The lowest BCUT2D eigenvalue weighted by Gasteiger charge is -2.13. The van der Waals surface area contributed by atoms with Crippen LogP contribution in [0.4, 0.5) is 10.3 Å². The van der Waals surface area contributed by atoms with E-state index in [2.05, 4.69) is 10.5 Å². The average molecular weight is 354 g/mol. The lowest BCUT2D eigenvalue weighted by molar-refractivity contribution is -0.885. The quantitative estimate of drug-likeness (QED) is 0.715. The van der Waals surface area contributed by atoms with Gasteiger partial charge in [0.1, 0.15) is 18.1 Å². The number of hydrogen-bond donors (Lipinski definition) is 2. The van der Waals surface area contributed by atoms with Crippen molar-refractivity contribution in [2.75, 3.05) is 18.9 Å². The molecule has 3 rings (SSSR count). The molecule has 0 aliphatic carbocycles. The van der Waals surface area contributed by atoms with E-state index in [1.165, 1.54) is 6.07 Å². The molecule has 1 aromatic heterocycles. The maximum Gasteiger partial charge on any atom is 0.281 e. The summed E-state index contributed by atoms with van der Waals surface area (Å²) in [4.78, 5) is 13.0. The molecule has 2 aromatic carbocycles. The van der Waals surface area contributed by atoms with E-state index in [9.17, 15) is 9.18 Å². The molecule has 1 heterocycles. The highest BCUT2D eigenvalue weighted by Crippen LogP contribution is 2.21. The number of quaternary nitrogens is 1. The first-order valence-corrected chi connectivity index (χ1v) is 8.39. The number of benzene rings is 2. The van der Waals surface area contributed by atoms with Gasteiger partial charge in [0.05, 0.1) is 7.05 Å². The number of nitrogens with zero attached hydrogens (tertiary/aromatic N) is 1. The van der Waals surface area contributed by atoms with Crippen molar-refractivity contribution in [2.24, 2.45) is 0 Å². The molecule has 0 saturated heterocycles. The molecule has 2 N–H and O–H groups in total. The first-order chi connectivity index (χ1) is 12.5. The predicted molar refractivity (Wildman–Crippen MR) is 97.2 cm³/mol. The van der Waals surface area contributed by atoms with Crippen LogP contribution in [0.5, 0.6) is 0 Å². The standard InChI is InChI=1S/C20H20FN3O2/c1-14-7-9-15(10-8-14)18-11-20(26-23-18)22-19(25)13-24(2)12-16-5-3-4-6-17(16)21/h3-11H,12-13H2,1-2H3,(H,22,25)/p+1. The Kier molecular flexibility index (Phi) is 5.43. The van der Waals surface area contributed by atoms with Crippen LogP contribution in [0.2, 0.25) is 0 Å². The van der Waals surface area contributed by atoms with Crippen molar-refractivity contribution in [2.45, 2.75) is 13.5 Å². The molecule has 0 aliphatic rings. The third-order valence-electron chi connectivity index (χ3n) is 4.03. The zero-order chi connectivity index (χ0) is 18.5. The van der Waals surface area contributed by atoms with Gasteiger partial charge in [0.2, 0.25) is 5.88 Å². The molecule has 5 nitrogen and oxygen atoms in total. The van der Waals surface area contributed by atoms with Crippen LogP contribution in [-0.2, 0) is 11.3 Å². The van der Waals surface area contributed by atoms with E-state index in [1.54, 1.807) is 24.3 Å². The number of halogens is 1. The molecular formula is C20H21FN3O2+. The Hall–Kier alpha value is -2.99. The number of nitrogens with one attached hydrogen (secondary N) is 2. The van der Waals surface area contributed by atoms with Crippen LogP contribution in [-0.4, -0.2) is 24.7 Å². The molecule has 0 spiro atoms. The number of amides is 1. The molecule has 0 saturated carbocycles. The number of likely N-dealkylation sites (N-methyl/N-ethyl adjacent to an activating group) is 1. The fraction of sp³-hybridized carbons (Fsp3) is 0.200. The lowest BCUT2D eigenvalue weighted by atomic mass is 10.1. The first kappa shape index (κ1) is 17.8.